The maximum atomic E-state index is 12.5. The number of methoxy groups -OCH3 is 1. The van der Waals surface area contributed by atoms with Crippen molar-refractivity contribution >= 4 is 33.0 Å². The first-order chi connectivity index (χ1) is 12.0. The molecule has 0 radical (unpaired) electrons. The maximum Gasteiger partial charge on any atom is 0.263 e. The number of sulfonamides is 1. The lowest BCUT2D eigenvalue weighted by Gasteiger charge is -2.33. The van der Waals surface area contributed by atoms with Crippen molar-refractivity contribution in [3.8, 4) is 0 Å². The predicted octanol–water partition coefficient (Wildman–Crippen LogP) is 3.76. The van der Waals surface area contributed by atoms with Crippen LogP contribution in [0.1, 0.15) is 12.8 Å². The minimum absolute atomic E-state index is 0.0692. The van der Waals surface area contributed by atoms with E-state index in [2.05, 4.69) is 9.62 Å². The summed E-state index contributed by atoms with van der Waals surface area (Å²) in [4.78, 5) is 2.32. The van der Waals surface area contributed by atoms with E-state index in [0.717, 1.165) is 31.6 Å². The van der Waals surface area contributed by atoms with Crippen LogP contribution in [-0.2, 0) is 14.8 Å². The van der Waals surface area contributed by atoms with Crippen molar-refractivity contribution in [3.05, 3.63) is 53.6 Å². The van der Waals surface area contributed by atoms with Gasteiger partial charge < -0.3 is 9.64 Å². The molecule has 1 aliphatic rings. The first kappa shape index (κ1) is 18.0. The molecule has 25 heavy (non-hydrogen) atoms. The Balaban J connectivity index is 1.74. The minimum Gasteiger partial charge on any atom is -0.380 e. The van der Waals surface area contributed by atoms with Crippen molar-refractivity contribution in [3.63, 3.8) is 0 Å². The third kappa shape index (κ3) is 4.26. The van der Waals surface area contributed by atoms with Gasteiger partial charge in [-0.3, -0.25) is 4.72 Å². The number of anilines is 2. The van der Waals surface area contributed by atoms with E-state index in [1.54, 1.807) is 37.4 Å². The van der Waals surface area contributed by atoms with Crippen molar-refractivity contribution in [2.24, 2.45) is 0 Å². The SMILES string of the molecule is COC1CCCN(c2ccc(NS(=O)(=O)c3ccccc3Cl)cc2)C1. The highest BCUT2D eigenvalue weighted by Gasteiger charge is 2.20. The van der Waals surface area contributed by atoms with Crippen LogP contribution in [0.15, 0.2) is 53.4 Å². The predicted molar refractivity (Wildman–Crippen MR) is 101 cm³/mol. The maximum absolute atomic E-state index is 12.5. The van der Waals surface area contributed by atoms with Crippen LogP contribution >= 0.6 is 11.6 Å². The van der Waals surface area contributed by atoms with Gasteiger partial charge in [-0.2, -0.15) is 0 Å². The monoisotopic (exact) mass is 380 g/mol. The summed E-state index contributed by atoms with van der Waals surface area (Å²) >= 11 is 5.99. The zero-order chi connectivity index (χ0) is 17.9. The van der Waals surface area contributed by atoms with Gasteiger partial charge in [0.05, 0.1) is 11.1 Å². The fourth-order valence-electron chi connectivity index (χ4n) is 2.98. The normalized spacial score (nSPS) is 18.2. The number of hydrogen-bond acceptors (Lipinski definition) is 4. The van der Waals surface area contributed by atoms with E-state index in [1.165, 1.54) is 6.07 Å². The first-order valence-corrected chi connectivity index (χ1v) is 10.0. The Kier molecular flexibility index (Phi) is 5.51. The van der Waals surface area contributed by atoms with Gasteiger partial charge in [0.15, 0.2) is 0 Å². The third-order valence-corrected chi connectivity index (χ3v) is 6.20. The molecule has 134 valence electrons. The molecule has 0 aromatic heterocycles. The highest BCUT2D eigenvalue weighted by molar-refractivity contribution is 7.92. The highest BCUT2D eigenvalue weighted by Crippen LogP contribution is 2.26. The van der Waals surface area contributed by atoms with Gasteiger partial charge in [0, 0.05) is 31.6 Å². The molecule has 0 spiro atoms. The number of nitrogens with zero attached hydrogens (tertiary/aromatic N) is 1. The number of benzene rings is 2. The van der Waals surface area contributed by atoms with Crippen LogP contribution in [0.2, 0.25) is 5.02 Å². The van der Waals surface area contributed by atoms with Crippen molar-refractivity contribution < 1.29 is 13.2 Å². The molecule has 1 aliphatic heterocycles. The zero-order valence-corrected chi connectivity index (χ0v) is 15.6. The molecule has 1 atom stereocenters. The lowest BCUT2D eigenvalue weighted by molar-refractivity contribution is 0.0893. The second kappa shape index (κ2) is 7.64. The van der Waals surface area contributed by atoms with Gasteiger partial charge in [-0.25, -0.2) is 8.42 Å². The second-order valence-electron chi connectivity index (χ2n) is 6.03. The van der Waals surface area contributed by atoms with E-state index in [1.807, 2.05) is 12.1 Å². The van der Waals surface area contributed by atoms with Gasteiger partial charge >= 0.3 is 0 Å². The van der Waals surface area contributed by atoms with Crippen LogP contribution in [0, 0.1) is 0 Å². The molecule has 2 aromatic carbocycles. The van der Waals surface area contributed by atoms with E-state index in [9.17, 15) is 8.42 Å². The van der Waals surface area contributed by atoms with Crippen LogP contribution in [0.25, 0.3) is 0 Å². The molecule has 1 fully saturated rings. The number of hydrogen-bond donors (Lipinski definition) is 1. The van der Waals surface area contributed by atoms with Crippen LogP contribution in [0.4, 0.5) is 11.4 Å². The molecular formula is C18H21ClN2O3S. The third-order valence-electron chi connectivity index (χ3n) is 4.32. The Morgan fingerprint density at radius 2 is 1.88 bits per heavy atom. The van der Waals surface area contributed by atoms with E-state index >= 15 is 0 Å². The van der Waals surface area contributed by atoms with Crippen LogP contribution in [0.5, 0.6) is 0 Å². The number of piperidine rings is 1. The van der Waals surface area contributed by atoms with E-state index in [-0.39, 0.29) is 16.0 Å². The molecule has 2 aromatic rings. The van der Waals surface area contributed by atoms with Gasteiger partial charge in [0.1, 0.15) is 4.90 Å². The van der Waals surface area contributed by atoms with Gasteiger partial charge in [-0.1, -0.05) is 23.7 Å². The zero-order valence-electron chi connectivity index (χ0n) is 14.0. The Hall–Kier alpha value is -1.76. The highest BCUT2D eigenvalue weighted by atomic mass is 35.5. The quantitative estimate of drug-likeness (QED) is 0.858. The molecule has 0 aliphatic carbocycles. The summed E-state index contributed by atoms with van der Waals surface area (Å²) in [5, 5.41) is 0.200. The number of halogens is 1. The van der Waals surface area contributed by atoms with Crippen LogP contribution in [0.3, 0.4) is 0 Å². The van der Waals surface area contributed by atoms with Gasteiger partial charge in [0.2, 0.25) is 0 Å². The van der Waals surface area contributed by atoms with Crippen molar-refractivity contribution in [1.29, 1.82) is 0 Å². The molecule has 0 saturated carbocycles. The van der Waals surface area contributed by atoms with Crippen molar-refractivity contribution in [2.45, 2.75) is 23.8 Å². The minimum atomic E-state index is -3.71. The molecule has 5 nitrogen and oxygen atoms in total. The Labute approximate surface area is 153 Å². The second-order valence-corrected chi connectivity index (χ2v) is 8.09. The summed E-state index contributed by atoms with van der Waals surface area (Å²) in [6.45, 7) is 1.83. The van der Waals surface area contributed by atoms with Gasteiger partial charge in [-0.15, -0.1) is 0 Å². The smallest absolute Gasteiger partial charge is 0.263 e. The summed E-state index contributed by atoms with van der Waals surface area (Å²) in [5.74, 6) is 0. The Morgan fingerprint density at radius 3 is 2.56 bits per heavy atom. The van der Waals surface area contributed by atoms with Crippen molar-refractivity contribution in [2.75, 3.05) is 29.8 Å². The molecule has 1 heterocycles. The number of nitrogens with one attached hydrogen (secondary N) is 1. The Bertz CT molecular complexity index is 824. The van der Waals surface area contributed by atoms with E-state index < -0.39 is 10.0 Å². The summed E-state index contributed by atoms with van der Waals surface area (Å²) in [6.07, 6.45) is 2.40. The largest absolute Gasteiger partial charge is 0.380 e. The van der Waals surface area contributed by atoms with Gasteiger partial charge in [-0.05, 0) is 49.2 Å². The lowest BCUT2D eigenvalue weighted by atomic mass is 10.1. The van der Waals surface area contributed by atoms with Crippen LogP contribution < -0.4 is 9.62 Å². The molecule has 7 heteroatoms. The fraction of sp³-hybridized carbons (Fsp3) is 0.333. The summed E-state index contributed by atoms with van der Waals surface area (Å²) < 4.78 is 33.0. The summed E-state index contributed by atoms with van der Waals surface area (Å²) in [7, 11) is -1.97. The van der Waals surface area contributed by atoms with E-state index in [4.69, 9.17) is 16.3 Å². The molecule has 3 rings (SSSR count). The standard InChI is InChI=1S/C18H21ClN2O3S/c1-24-16-5-4-12-21(13-16)15-10-8-14(9-11-15)20-25(22,23)18-7-3-2-6-17(18)19/h2-3,6-11,16,20H,4-5,12-13H2,1H3. The Morgan fingerprint density at radius 1 is 1.16 bits per heavy atom. The summed E-state index contributed by atoms with van der Waals surface area (Å²) in [6, 6.07) is 13.7. The number of rotatable bonds is 5. The molecular weight excluding hydrogens is 360 g/mol. The molecule has 1 saturated heterocycles. The van der Waals surface area contributed by atoms with E-state index in [0.29, 0.717) is 5.69 Å². The van der Waals surface area contributed by atoms with Gasteiger partial charge in [0.25, 0.3) is 10.0 Å². The molecule has 0 bridgehead atoms. The topological polar surface area (TPSA) is 58.6 Å². The molecule has 1 unspecified atom stereocenters. The first-order valence-electron chi connectivity index (χ1n) is 8.15. The summed E-state index contributed by atoms with van der Waals surface area (Å²) in [5.41, 5.74) is 1.56. The lowest BCUT2D eigenvalue weighted by Crippen LogP contribution is -2.39. The van der Waals surface area contributed by atoms with Crippen molar-refractivity contribution in [1.82, 2.24) is 0 Å². The fourth-order valence-corrected chi connectivity index (χ4v) is 4.56. The molecule has 1 N–H and O–H groups in total. The number of ether oxygens (including phenoxy) is 1. The molecule has 0 amide bonds. The average molecular weight is 381 g/mol. The van der Waals surface area contributed by atoms with Crippen LogP contribution in [-0.4, -0.2) is 34.7 Å². The average Bonchev–Trinajstić information content (AvgIpc) is 2.62.